The van der Waals surface area contributed by atoms with Gasteiger partial charge < -0.3 is 14.2 Å². The first-order valence-corrected chi connectivity index (χ1v) is 11.7. The topological polar surface area (TPSA) is 74.2 Å². The van der Waals surface area contributed by atoms with E-state index < -0.39 is 11.8 Å². The molecule has 1 unspecified atom stereocenters. The van der Waals surface area contributed by atoms with Gasteiger partial charge in [0.15, 0.2) is 17.3 Å². The Balaban J connectivity index is 1.78. The highest BCUT2D eigenvalue weighted by atomic mass is 35.5. The number of ether oxygens (including phenoxy) is 3. The van der Waals surface area contributed by atoms with Crippen molar-refractivity contribution in [2.45, 2.75) is 38.5 Å². The average Bonchev–Trinajstić information content (AvgIpc) is 2.82. The second-order valence-corrected chi connectivity index (χ2v) is 8.96. The van der Waals surface area contributed by atoms with Crippen molar-refractivity contribution in [2.24, 2.45) is 10.9 Å². The van der Waals surface area contributed by atoms with E-state index in [1.54, 1.807) is 27.2 Å². The SMILES string of the molecule is CCOC(=O)C1C(C)=NC2=C(C(=O)C[C@H](c3ccc(OC)c(OC)c3)C2)[C@H]1c1cccc(Cl)c1. The van der Waals surface area contributed by atoms with Crippen LogP contribution in [0.15, 0.2) is 58.7 Å². The zero-order valence-electron chi connectivity index (χ0n) is 19.8. The van der Waals surface area contributed by atoms with Crippen LogP contribution in [-0.4, -0.2) is 38.3 Å². The average molecular weight is 482 g/mol. The van der Waals surface area contributed by atoms with Crippen LogP contribution in [0.1, 0.15) is 49.7 Å². The largest absolute Gasteiger partial charge is 0.493 e. The Labute approximate surface area is 204 Å². The fourth-order valence-corrected chi connectivity index (χ4v) is 5.20. The van der Waals surface area contributed by atoms with Crippen molar-refractivity contribution in [3.63, 3.8) is 0 Å². The van der Waals surface area contributed by atoms with Crippen LogP contribution in [0, 0.1) is 5.92 Å². The third-order valence-corrected chi connectivity index (χ3v) is 6.75. The molecule has 2 aromatic rings. The van der Waals surface area contributed by atoms with E-state index >= 15 is 0 Å². The number of carbonyl (C=O) groups is 2. The number of methoxy groups -OCH3 is 2. The number of Topliss-reactive ketones (excluding diaryl/α,β-unsaturated/α-hetero) is 1. The summed E-state index contributed by atoms with van der Waals surface area (Å²) in [5.41, 5.74) is 3.74. The molecule has 2 aliphatic rings. The second-order valence-electron chi connectivity index (χ2n) is 8.52. The van der Waals surface area contributed by atoms with E-state index in [4.69, 9.17) is 30.8 Å². The van der Waals surface area contributed by atoms with Crippen molar-refractivity contribution >= 4 is 29.1 Å². The summed E-state index contributed by atoms with van der Waals surface area (Å²) in [6.45, 7) is 3.85. The molecule has 6 nitrogen and oxygen atoms in total. The number of halogens is 1. The van der Waals surface area contributed by atoms with Gasteiger partial charge in [-0.1, -0.05) is 29.8 Å². The van der Waals surface area contributed by atoms with Crippen molar-refractivity contribution in [3.05, 3.63) is 69.9 Å². The quantitative estimate of drug-likeness (QED) is 0.509. The Morgan fingerprint density at radius 1 is 1.06 bits per heavy atom. The predicted molar refractivity (Wildman–Crippen MR) is 131 cm³/mol. The standard InChI is InChI=1S/C27H28ClNO5/c1-5-34-27(31)24-15(2)29-20-12-18(16-9-10-22(32-3)23(14-16)33-4)13-21(30)26(20)25(24)17-7-6-8-19(28)11-17/h6-11,14,18,24-25H,5,12-13H2,1-4H3/t18-,24?,25+/m1/s1. The molecule has 4 rings (SSSR count). The van der Waals surface area contributed by atoms with Crippen LogP contribution < -0.4 is 9.47 Å². The number of benzene rings is 2. The van der Waals surface area contributed by atoms with Crippen LogP contribution in [-0.2, 0) is 14.3 Å². The first-order valence-electron chi connectivity index (χ1n) is 11.3. The van der Waals surface area contributed by atoms with E-state index in [0.29, 0.717) is 40.6 Å². The molecule has 0 N–H and O–H groups in total. The highest BCUT2D eigenvalue weighted by Crippen LogP contribution is 2.47. The zero-order valence-corrected chi connectivity index (χ0v) is 20.5. The number of esters is 1. The first-order chi connectivity index (χ1) is 16.4. The lowest BCUT2D eigenvalue weighted by Crippen LogP contribution is -2.38. The molecular weight excluding hydrogens is 454 g/mol. The molecule has 1 heterocycles. The predicted octanol–water partition coefficient (Wildman–Crippen LogP) is 5.50. The fraction of sp³-hybridized carbons (Fsp3) is 0.370. The van der Waals surface area contributed by atoms with Gasteiger partial charge in [0.05, 0.1) is 20.8 Å². The second kappa shape index (κ2) is 10.0. The third kappa shape index (κ3) is 4.47. The summed E-state index contributed by atoms with van der Waals surface area (Å²) < 4.78 is 16.2. The van der Waals surface area contributed by atoms with E-state index in [9.17, 15) is 9.59 Å². The molecular formula is C27H28ClNO5. The lowest BCUT2D eigenvalue weighted by atomic mass is 9.69. The molecule has 0 saturated carbocycles. The van der Waals surface area contributed by atoms with Gasteiger partial charge in [-0.05, 0) is 61.6 Å². The van der Waals surface area contributed by atoms with Crippen LogP contribution in [0.25, 0.3) is 0 Å². The van der Waals surface area contributed by atoms with Crippen molar-refractivity contribution in [3.8, 4) is 11.5 Å². The van der Waals surface area contributed by atoms with Gasteiger partial charge in [-0.2, -0.15) is 0 Å². The van der Waals surface area contributed by atoms with E-state index in [1.165, 1.54) is 0 Å². The molecule has 0 amide bonds. The molecule has 178 valence electrons. The minimum atomic E-state index is -0.668. The number of nitrogens with zero attached hydrogens (tertiary/aromatic N) is 1. The summed E-state index contributed by atoms with van der Waals surface area (Å²) >= 11 is 6.29. The van der Waals surface area contributed by atoms with Crippen molar-refractivity contribution < 1.29 is 23.8 Å². The summed E-state index contributed by atoms with van der Waals surface area (Å²) in [5, 5.41) is 0.550. The maximum absolute atomic E-state index is 13.6. The molecule has 1 aliphatic heterocycles. The van der Waals surface area contributed by atoms with Crippen LogP contribution in [0.3, 0.4) is 0 Å². The van der Waals surface area contributed by atoms with Crippen LogP contribution >= 0.6 is 11.6 Å². The van der Waals surface area contributed by atoms with Crippen LogP contribution in [0.4, 0.5) is 0 Å². The van der Waals surface area contributed by atoms with Crippen LogP contribution in [0.2, 0.25) is 5.02 Å². The molecule has 0 bridgehead atoms. The summed E-state index contributed by atoms with van der Waals surface area (Å²) in [6.07, 6.45) is 0.899. The highest BCUT2D eigenvalue weighted by Gasteiger charge is 2.44. The lowest BCUT2D eigenvalue weighted by molar-refractivity contribution is -0.146. The zero-order chi connectivity index (χ0) is 24.4. The number of rotatable bonds is 6. The number of aliphatic imine (C=N–C) groups is 1. The molecule has 0 aromatic heterocycles. The first kappa shape index (κ1) is 24.0. The monoisotopic (exact) mass is 481 g/mol. The Kier molecular flexibility index (Phi) is 7.08. The number of ketones is 1. The minimum Gasteiger partial charge on any atom is -0.493 e. The molecule has 7 heteroatoms. The number of hydrogen-bond acceptors (Lipinski definition) is 6. The molecule has 0 saturated heterocycles. The molecule has 34 heavy (non-hydrogen) atoms. The molecule has 0 radical (unpaired) electrons. The fourth-order valence-electron chi connectivity index (χ4n) is 5.00. The Morgan fingerprint density at radius 3 is 2.50 bits per heavy atom. The summed E-state index contributed by atoms with van der Waals surface area (Å²) in [7, 11) is 3.18. The molecule has 0 spiro atoms. The van der Waals surface area contributed by atoms with E-state index in [1.807, 2.05) is 43.3 Å². The van der Waals surface area contributed by atoms with Gasteiger partial charge >= 0.3 is 5.97 Å². The van der Waals surface area contributed by atoms with Gasteiger partial charge in [-0.3, -0.25) is 14.6 Å². The van der Waals surface area contributed by atoms with Gasteiger partial charge in [0.2, 0.25) is 0 Å². The Bertz CT molecular complexity index is 1190. The van der Waals surface area contributed by atoms with Gasteiger partial charge in [0.25, 0.3) is 0 Å². The van der Waals surface area contributed by atoms with Gasteiger partial charge in [0.1, 0.15) is 5.92 Å². The summed E-state index contributed by atoms with van der Waals surface area (Å²) in [6, 6.07) is 13.1. The maximum atomic E-state index is 13.6. The van der Waals surface area contributed by atoms with Crippen molar-refractivity contribution in [1.82, 2.24) is 0 Å². The van der Waals surface area contributed by atoms with E-state index in [-0.39, 0.29) is 24.3 Å². The summed E-state index contributed by atoms with van der Waals surface area (Å²) in [4.78, 5) is 31.4. The number of carbonyl (C=O) groups excluding carboxylic acids is 2. The normalized spacial score (nSPS) is 22.1. The van der Waals surface area contributed by atoms with Crippen LogP contribution in [0.5, 0.6) is 11.5 Å². The molecule has 0 fully saturated rings. The van der Waals surface area contributed by atoms with Gasteiger partial charge in [-0.15, -0.1) is 0 Å². The van der Waals surface area contributed by atoms with E-state index in [2.05, 4.69) is 0 Å². The van der Waals surface area contributed by atoms with Gasteiger partial charge in [-0.25, -0.2) is 0 Å². The third-order valence-electron chi connectivity index (χ3n) is 6.52. The van der Waals surface area contributed by atoms with Crippen molar-refractivity contribution in [1.29, 1.82) is 0 Å². The highest BCUT2D eigenvalue weighted by molar-refractivity contribution is 6.30. The Hall–Kier alpha value is -3.12. The molecule has 1 aliphatic carbocycles. The Morgan fingerprint density at radius 2 is 1.82 bits per heavy atom. The maximum Gasteiger partial charge on any atom is 0.315 e. The van der Waals surface area contributed by atoms with E-state index in [0.717, 1.165) is 16.8 Å². The number of allylic oxidation sites excluding steroid dienone is 2. The van der Waals surface area contributed by atoms with Gasteiger partial charge in [0, 0.05) is 34.3 Å². The molecule has 3 atom stereocenters. The lowest BCUT2D eigenvalue weighted by Gasteiger charge is -2.36. The smallest absolute Gasteiger partial charge is 0.315 e. The summed E-state index contributed by atoms with van der Waals surface area (Å²) in [5.74, 6) is -0.343. The molecule has 2 aromatic carbocycles. The minimum absolute atomic E-state index is 0.0171. The number of hydrogen-bond donors (Lipinski definition) is 0. The van der Waals surface area contributed by atoms with Crippen molar-refractivity contribution in [2.75, 3.05) is 20.8 Å².